The van der Waals surface area contributed by atoms with Crippen molar-refractivity contribution in [1.82, 2.24) is 0 Å². The molecular weight excluding hydrogens is 296 g/mol. The maximum absolute atomic E-state index is 10.4. The molecule has 0 aromatic heterocycles. The van der Waals surface area contributed by atoms with E-state index in [1.54, 1.807) is 14.2 Å². The van der Waals surface area contributed by atoms with Crippen molar-refractivity contribution in [1.29, 1.82) is 0 Å². The molecule has 4 heteroatoms. The largest absolute Gasteiger partial charge is 0.496 e. The van der Waals surface area contributed by atoms with E-state index in [1.807, 2.05) is 18.2 Å². The minimum absolute atomic E-state index is 0.354. The molecule has 1 aromatic rings. The lowest BCUT2D eigenvalue weighted by Gasteiger charge is -2.44. The molecule has 2 rings (SSSR count). The lowest BCUT2D eigenvalue weighted by molar-refractivity contribution is -0.148. The highest BCUT2D eigenvalue weighted by Crippen LogP contribution is 2.40. The van der Waals surface area contributed by atoms with Gasteiger partial charge in [-0.15, -0.1) is 0 Å². The molecule has 1 N–H and O–H groups in total. The van der Waals surface area contributed by atoms with Crippen molar-refractivity contribution in [3.8, 4) is 5.75 Å². The highest BCUT2D eigenvalue weighted by atomic mass is 79.9. The molecule has 0 bridgehead atoms. The van der Waals surface area contributed by atoms with Gasteiger partial charge in [0.25, 0.3) is 0 Å². The molecule has 1 aliphatic carbocycles. The molecule has 1 unspecified atom stereocenters. The van der Waals surface area contributed by atoms with Crippen LogP contribution >= 0.6 is 15.9 Å². The number of halogens is 1. The molecule has 0 saturated heterocycles. The van der Waals surface area contributed by atoms with Crippen molar-refractivity contribution in [3.05, 3.63) is 28.2 Å². The summed E-state index contributed by atoms with van der Waals surface area (Å²) in [5.41, 5.74) is 0.649. The number of aliphatic hydroxyl groups excluding tert-OH is 1. The van der Waals surface area contributed by atoms with Crippen LogP contribution in [-0.2, 0) is 11.2 Å². The Morgan fingerprint density at radius 3 is 2.61 bits per heavy atom. The Morgan fingerprint density at radius 1 is 1.39 bits per heavy atom. The number of hydrogen-bond donors (Lipinski definition) is 1. The maximum Gasteiger partial charge on any atom is 0.122 e. The van der Waals surface area contributed by atoms with Crippen LogP contribution in [0.5, 0.6) is 5.75 Å². The van der Waals surface area contributed by atoms with Gasteiger partial charge in [0, 0.05) is 18.0 Å². The first-order valence-electron chi connectivity index (χ1n) is 6.17. The van der Waals surface area contributed by atoms with Gasteiger partial charge in [-0.1, -0.05) is 15.9 Å². The second-order valence-electron chi connectivity index (χ2n) is 4.80. The fourth-order valence-corrected chi connectivity index (χ4v) is 2.91. The highest BCUT2D eigenvalue weighted by molar-refractivity contribution is 9.10. The summed E-state index contributed by atoms with van der Waals surface area (Å²) >= 11 is 3.45. The monoisotopic (exact) mass is 314 g/mol. The van der Waals surface area contributed by atoms with Crippen molar-refractivity contribution >= 4 is 15.9 Å². The minimum atomic E-state index is -0.487. The maximum atomic E-state index is 10.4. The third-order valence-electron chi connectivity index (χ3n) is 3.87. The third-order valence-corrected chi connectivity index (χ3v) is 4.36. The summed E-state index contributed by atoms with van der Waals surface area (Å²) in [7, 11) is 3.33. The standard InChI is InChI=1S/C14H19BrO3/c1-17-12-5-4-11(15)8-10(12)9-13(16)14(18-2)6-3-7-14/h4-5,8,13,16H,3,6-7,9H2,1-2H3. The van der Waals surface area contributed by atoms with E-state index in [0.717, 1.165) is 35.0 Å². The smallest absolute Gasteiger partial charge is 0.122 e. The van der Waals surface area contributed by atoms with Gasteiger partial charge in [0.1, 0.15) is 5.75 Å². The van der Waals surface area contributed by atoms with Crippen LogP contribution in [-0.4, -0.2) is 31.0 Å². The van der Waals surface area contributed by atoms with E-state index >= 15 is 0 Å². The number of rotatable bonds is 5. The van der Waals surface area contributed by atoms with Crippen LogP contribution in [0.25, 0.3) is 0 Å². The topological polar surface area (TPSA) is 38.7 Å². The average Bonchev–Trinajstić information content (AvgIpc) is 2.28. The number of aliphatic hydroxyl groups is 1. The molecule has 0 amide bonds. The second kappa shape index (κ2) is 5.59. The van der Waals surface area contributed by atoms with Crippen LogP contribution in [0.3, 0.4) is 0 Å². The summed E-state index contributed by atoms with van der Waals surface area (Å²) in [4.78, 5) is 0. The van der Waals surface area contributed by atoms with Crippen molar-refractivity contribution < 1.29 is 14.6 Å². The van der Waals surface area contributed by atoms with Crippen LogP contribution in [0.2, 0.25) is 0 Å². The Labute approximate surface area is 116 Å². The Bertz CT molecular complexity index is 410. The first kappa shape index (κ1) is 13.8. The van der Waals surface area contributed by atoms with Gasteiger partial charge in [-0.3, -0.25) is 0 Å². The normalized spacial score (nSPS) is 19.1. The predicted molar refractivity (Wildman–Crippen MR) is 74.0 cm³/mol. The van der Waals surface area contributed by atoms with E-state index in [9.17, 15) is 5.11 Å². The molecule has 1 fully saturated rings. The molecule has 0 heterocycles. The van der Waals surface area contributed by atoms with Gasteiger partial charge in [0.2, 0.25) is 0 Å². The molecule has 0 spiro atoms. The van der Waals surface area contributed by atoms with E-state index in [-0.39, 0.29) is 5.60 Å². The van der Waals surface area contributed by atoms with Crippen molar-refractivity contribution in [2.75, 3.05) is 14.2 Å². The van der Waals surface area contributed by atoms with Crippen LogP contribution < -0.4 is 4.74 Å². The number of hydrogen-bond acceptors (Lipinski definition) is 3. The van der Waals surface area contributed by atoms with E-state index in [1.165, 1.54) is 0 Å². The van der Waals surface area contributed by atoms with Crippen LogP contribution in [0, 0.1) is 0 Å². The van der Waals surface area contributed by atoms with Crippen LogP contribution in [0.15, 0.2) is 22.7 Å². The van der Waals surface area contributed by atoms with Gasteiger partial charge >= 0.3 is 0 Å². The summed E-state index contributed by atoms with van der Waals surface area (Å²) < 4.78 is 11.8. The zero-order chi connectivity index (χ0) is 13.2. The minimum Gasteiger partial charge on any atom is -0.496 e. The lowest BCUT2D eigenvalue weighted by Crippen LogP contribution is -2.50. The zero-order valence-corrected chi connectivity index (χ0v) is 12.4. The van der Waals surface area contributed by atoms with Gasteiger partial charge in [-0.2, -0.15) is 0 Å². The zero-order valence-electron chi connectivity index (χ0n) is 10.8. The lowest BCUT2D eigenvalue weighted by atomic mass is 9.74. The van der Waals surface area contributed by atoms with Crippen molar-refractivity contribution in [2.45, 2.75) is 37.4 Å². The van der Waals surface area contributed by atoms with Gasteiger partial charge in [-0.25, -0.2) is 0 Å². The molecule has 1 aromatic carbocycles. The fraction of sp³-hybridized carbons (Fsp3) is 0.571. The Hall–Kier alpha value is -0.580. The summed E-state index contributed by atoms with van der Waals surface area (Å²) in [6.07, 6.45) is 3.05. The van der Waals surface area contributed by atoms with Crippen molar-refractivity contribution in [2.24, 2.45) is 0 Å². The Balaban J connectivity index is 2.15. The van der Waals surface area contributed by atoms with Crippen molar-refractivity contribution in [3.63, 3.8) is 0 Å². The predicted octanol–water partition coefficient (Wildman–Crippen LogP) is 2.93. The Morgan fingerprint density at radius 2 is 2.11 bits per heavy atom. The molecule has 100 valence electrons. The van der Waals surface area contributed by atoms with Gasteiger partial charge in [0.15, 0.2) is 0 Å². The van der Waals surface area contributed by atoms with Gasteiger partial charge in [-0.05, 0) is 43.0 Å². The number of methoxy groups -OCH3 is 2. The summed E-state index contributed by atoms with van der Waals surface area (Å²) in [6, 6.07) is 5.83. The molecule has 1 aliphatic rings. The third kappa shape index (κ3) is 2.56. The molecule has 0 aliphatic heterocycles. The highest BCUT2D eigenvalue weighted by Gasteiger charge is 2.43. The number of ether oxygens (including phenoxy) is 2. The van der Waals surface area contributed by atoms with Gasteiger partial charge < -0.3 is 14.6 Å². The molecule has 0 radical (unpaired) electrons. The van der Waals surface area contributed by atoms with Gasteiger partial charge in [0.05, 0.1) is 18.8 Å². The van der Waals surface area contributed by atoms with Crippen LogP contribution in [0.4, 0.5) is 0 Å². The second-order valence-corrected chi connectivity index (χ2v) is 5.71. The number of benzene rings is 1. The first-order chi connectivity index (χ1) is 8.61. The molecule has 1 saturated carbocycles. The molecule has 18 heavy (non-hydrogen) atoms. The first-order valence-corrected chi connectivity index (χ1v) is 6.96. The molecule has 1 atom stereocenters. The van der Waals surface area contributed by atoms with E-state index in [2.05, 4.69) is 15.9 Å². The average molecular weight is 315 g/mol. The molecule has 3 nitrogen and oxygen atoms in total. The summed E-state index contributed by atoms with van der Waals surface area (Å²) in [6.45, 7) is 0. The molecular formula is C14H19BrO3. The van der Waals surface area contributed by atoms with E-state index < -0.39 is 6.10 Å². The van der Waals surface area contributed by atoms with E-state index in [0.29, 0.717) is 6.42 Å². The quantitative estimate of drug-likeness (QED) is 0.908. The summed E-state index contributed by atoms with van der Waals surface area (Å²) in [5.74, 6) is 0.808. The van der Waals surface area contributed by atoms with E-state index in [4.69, 9.17) is 9.47 Å². The SMILES string of the molecule is COc1ccc(Br)cc1CC(O)C1(OC)CCC1. The fourth-order valence-electron chi connectivity index (χ4n) is 2.50. The summed E-state index contributed by atoms with van der Waals surface area (Å²) in [5, 5.41) is 10.4. The van der Waals surface area contributed by atoms with Crippen LogP contribution in [0.1, 0.15) is 24.8 Å². The Kier molecular flexibility index (Phi) is 4.30.